The Balaban J connectivity index is 3.08. The molecule has 0 unspecified atom stereocenters. The van der Waals surface area contributed by atoms with Crippen molar-refractivity contribution < 1.29 is 0 Å². The average molecular weight is 153 g/mol. The Morgan fingerprint density at radius 2 is 1.91 bits per heavy atom. The van der Waals surface area contributed by atoms with Gasteiger partial charge in [0.15, 0.2) is 0 Å². The molecule has 0 aliphatic heterocycles. The molecule has 62 valence electrons. The zero-order valence-corrected chi connectivity index (χ0v) is 7.52. The molecule has 1 rings (SSSR count). The van der Waals surface area contributed by atoms with Gasteiger partial charge in [0.1, 0.15) is 5.82 Å². The number of hydrogen-bond acceptors (Lipinski definition) is 2. The Hall–Kier alpha value is -0.830. The fraction of sp³-hybridized carbons (Fsp3) is 0.625. The lowest BCUT2D eigenvalue weighted by Gasteiger charge is -2.14. The van der Waals surface area contributed by atoms with Gasteiger partial charge in [0.2, 0.25) is 0 Å². The summed E-state index contributed by atoms with van der Waals surface area (Å²) in [7, 11) is 0. The van der Waals surface area contributed by atoms with Crippen LogP contribution in [0.25, 0.3) is 0 Å². The molecule has 0 saturated heterocycles. The number of rotatable bonds is 1. The highest BCUT2D eigenvalue weighted by Crippen LogP contribution is 2.14. The molecule has 1 aromatic heterocycles. The van der Waals surface area contributed by atoms with Crippen molar-refractivity contribution >= 4 is 0 Å². The van der Waals surface area contributed by atoms with Gasteiger partial charge in [-0.05, 0) is 27.7 Å². The molecule has 3 nitrogen and oxygen atoms in total. The first kappa shape index (κ1) is 8.27. The molecule has 0 aliphatic rings. The van der Waals surface area contributed by atoms with Crippen LogP contribution in [0.3, 0.4) is 0 Å². The highest BCUT2D eigenvalue weighted by Gasteiger charge is 2.18. The summed E-state index contributed by atoms with van der Waals surface area (Å²) in [5, 5.41) is 0. The number of nitrogens with zero attached hydrogens (tertiary/aromatic N) is 1. The SMILES string of the molecule is Cc1nc(C(C)(C)N)[nH]c1C. The van der Waals surface area contributed by atoms with Crippen LogP contribution in [0.5, 0.6) is 0 Å². The summed E-state index contributed by atoms with van der Waals surface area (Å²) in [6.07, 6.45) is 0. The molecule has 3 heteroatoms. The molecule has 1 aromatic rings. The fourth-order valence-corrected chi connectivity index (χ4v) is 0.853. The largest absolute Gasteiger partial charge is 0.344 e. The van der Waals surface area contributed by atoms with Crippen LogP contribution in [0.15, 0.2) is 0 Å². The van der Waals surface area contributed by atoms with E-state index in [1.165, 1.54) is 0 Å². The summed E-state index contributed by atoms with van der Waals surface area (Å²) in [5.41, 5.74) is 7.61. The zero-order valence-electron chi connectivity index (χ0n) is 7.52. The van der Waals surface area contributed by atoms with E-state index >= 15 is 0 Å². The summed E-state index contributed by atoms with van der Waals surface area (Å²) in [6, 6.07) is 0. The van der Waals surface area contributed by atoms with Gasteiger partial charge in [-0.2, -0.15) is 0 Å². The number of imidazole rings is 1. The highest BCUT2D eigenvalue weighted by molar-refractivity contribution is 5.14. The number of nitrogens with one attached hydrogen (secondary N) is 1. The van der Waals surface area contributed by atoms with Crippen LogP contribution in [-0.4, -0.2) is 9.97 Å². The normalized spacial score (nSPS) is 12.1. The van der Waals surface area contributed by atoms with Crippen LogP contribution < -0.4 is 5.73 Å². The molecule has 1 heterocycles. The topological polar surface area (TPSA) is 54.7 Å². The lowest BCUT2D eigenvalue weighted by Crippen LogP contribution is -2.30. The van der Waals surface area contributed by atoms with Crippen LogP contribution in [0.4, 0.5) is 0 Å². The molecule has 0 aromatic carbocycles. The van der Waals surface area contributed by atoms with Crippen LogP contribution in [0.1, 0.15) is 31.1 Å². The number of H-pyrrole nitrogens is 1. The van der Waals surface area contributed by atoms with Gasteiger partial charge in [-0.3, -0.25) is 0 Å². The molecule has 0 saturated carbocycles. The van der Waals surface area contributed by atoms with Crippen LogP contribution in [0.2, 0.25) is 0 Å². The minimum Gasteiger partial charge on any atom is -0.344 e. The predicted octanol–water partition coefficient (Wildman–Crippen LogP) is 1.22. The average Bonchev–Trinajstić information content (AvgIpc) is 2.11. The monoisotopic (exact) mass is 153 g/mol. The van der Waals surface area contributed by atoms with Gasteiger partial charge < -0.3 is 10.7 Å². The van der Waals surface area contributed by atoms with Crippen molar-refractivity contribution in [3.8, 4) is 0 Å². The van der Waals surface area contributed by atoms with Crippen molar-refractivity contribution in [2.24, 2.45) is 5.73 Å². The minimum absolute atomic E-state index is 0.362. The van der Waals surface area contributed by atoms with E-state index in [1.54, 1.807) is 0 Å². The molecule has 11 heavy (non-hydrogen) atoms. The highest BCUT2D eigenvalue weighted by atomic mass is 15.0. The quantitative estimate of drug-likeness (QED) is 0.637. The predicted molar refractivity (Wildman–Crippen MR) is 45.3 cm³/mol. The van der Waals surface area contributed by atoms with Crippen molar-refractivity contribution in [2.75, 3.05) is 0 Å². The Morgan fingerprint density at radius 3 is 2.09 bits per heavy atom. The molecule has 0 spiro atoms. The maximum Gasteiger partial charge on any atom is 0.126 e. The summed E-state index contributed by atoms with van der Waals surface area (Å²) in [5.74, 6) is 0.854. The molecule has 0 fully saturated rings. The van der Waals surface area contributed by atoms with Crippen molar-refractivity contribution in [3.63, 3.8) is 0 Å². The lowest BCUT2D eigenvalue weighted by atomic mass is 10.1. The minimum atomic E-state index is -0.362. The number of aromatic amines is 1. The molecule has 0 aliphatic carbocycles. The van der Waals surface area contributed by atoms with Gasteiger partial charge >= 0.3 is 0 Å². The van der Waals surface area contributed by atoms with Crippen LogP contribution in [-0.2, 0) is 5.54 Å². The summed E-state index contributed by atoms with van der Waals surface area (Å²) in [4.78, 5) is 7.45. The van der Waals surface area contributed by atoms with E-state index in [9.17, 15) is 0 Å². The molecule has 0 atom stereocenters. The van der Waals surface area contributed by atoms with Gasteiger partial charge in [0.25, 0.3) is 0 Å². The van der Waals surface area contributed by atoms with Crippen LogP contribution >= 0.6 is 0 Å². The number of nitrogens with two attached hydrogens (primary N) is 1. The smallest absolute Gasteiger partial charge is 0.126 e. The first-order valence-electron chi connectivity index (χ1n) is 3.74. The van der Waals surface area contributed by atoms with E-state index < -0.39 is 0 Å². The van der Waals surface area contributed by atoms with Gasteiger partial charge in [0, 0.05) is 5.69 Å². The molecular weight excluding hydrogens is 138 g/mol. The summed E-state index contributed by atoms with van der Waals surface area (Å²) >= 11 is 0. The lowest BCUT2D eigenvalue weighted by molar-refractivity contribution is 0.519. The van der Waals surface area contributed by atoms with Crippen molar-refractivity contribution in [1.29, 1.82) is 0 Å². The Morgan fingerprint density at radius 1 is 1.36 bits per heavy atom. The van der Waals surface area contributed by atoms with Gasteiger partial charge in [-0.15, -0.1) is 0 Å². The second kappa shape index (κ2) is 2.34. The molecule has 0 bridgehead atoms. The van der Waals surface area contributed by atoms with Gasteiger partial charge in [-0.1, -0.05) is 0 Å². The fourth-order valence-electron chi connectivity index (χ4n) is 0.853. The Kier molecular flexibility index (Phi) is 1.76. The third-order valence-corrected chi connectivity index (χ3v) is 1.74. The first-order chi connectivity index (χ1) is 4.91. The maximum atomic E-state index is 5.85. The van der Waals surface area contributed by atoms with E-state index in [-0.39, 0.29) is 5.54 Å². The molecular formula is C8H15N3. The Labute approximate surface area is 67.0 Å². The molecule has 0 radical (unpaired) electrons. The molecule has 3 N–H and O–H groups in total. The van der Waals surface area contributed by atoms with E-state index in [0.717, 1.165) is 17.2 Å². The van der Waals surface area contributed by atoms with Crippen molar-refractivity contribution in [3.05, 3.63) is 17.2 Å². The Bertz CT molecular complexity index is 235. The molecule has 0 amide bonds. The van der Waals surface area contributed by atoms with Gasteiger partial charge in [0.05, 0.1) is 11.2 Å². The third kappa shape index (κ3) is 1.60. The van der Waals surface area contributed by atoms with Crippen LogP contribution in [0, 0.1) is 13.8 Å². The van der Waals surface area contributed by atoms with E-state index in [4.69, 9.17) is 5.73 Å². The van der Waals surface area contributed by atoms with Gasteiger partial charge in [-0.25, -0.2) is 4.98 Å². The third-order valence-electron chi connectivity index (χ3n) is 1.74. The number of aryl methyl sites for hydroxylation is 2. The standard InChI is InChI=1S/C8H15N3/c1-5-6(2)11-7(10-5)8(3,4)9/h9H2,1-4H3,(H,10,11). The maximum absolute atomic E-state index is 5.85. The van der Waals surface area contributed by atoms with Crippen molar-refractivity contribution in [1.82, 2.24) is 9.97 Å². The summed E-state index contributed by atoms with van der Waals surface area (Å²) in [6.45, 7) is 7.84. The van der Waals surface area contributed by atoms with Crippen molar-refractivity contribution in [2.45, 2.75) is 33.2 Å². The number of aromatic nitrogens is 2. The van der Waals surface area contributed by atoms with E-state index in [2.05, 4.69) is 9.97 Å². The van der Waals surface area contributed by atoms with E-state index in [1.807, 2.05) is 27.7 Å². The second-order valence-electron chi connectivity index (χ2n) is 3.52. The second-order valence-corrected chi connectivity index (χ2v) is 3.52. The van der Waals surface area contributed by atoms with E-state index in [0.29, 0.717) is 0 Å². The zero-order chi connectivity index (χ0) is 8.65. The summed E-state index contributed by atoms with van der Waals surface area (Å²) < 4.78 is 0. The first-order valence-corrected chi connectivity index (χ1v) is 3.74. The number of hydrogen-bond donors (Lipinski definition) is 2.